The minimum absolute atomic E-state index is 0.251. The first-order chi connectivity index (χ1) is 11.7. The van der Waals surface area contributed by atoms with E-state index in [9.17, 15) is 4.79 Å². The zero-order valence-electron chi connectivity index (χ0n) is 13.2. The number of amides is 1. The van der Waals surface area contributed by atoms with Gasteiger partial charge in [0.2, 0.25) is 5.95 Å². The Kier molecular flexibility index (Phi) is 3.95. The number of hydrogen-bond acceptors (Lipinski definition) is 7. The summed E-state index contributed by atoms with van der Waals surface area (Å²) in [5.41, 5.74) is 2.19. The molecule has 2 aliphatic heterocycles. The van der Waals surface area contributed by atoms with Crippen LogP contribution in [-0.2, 0) is 6.54 Å². The van der Waals surface area contributed by atoms with Gasteiger partial charge in [-0.15, -0.1) is 11.3 Å². The second-order valence-corrected chi connectivity index (χ2v) is 7.64. The molecular formula is C16H19N5O2S. The van der Waals surface area contributed by atoms with Crippen molar-refractivity contribution in [2.75, 3.05) is 31.1 Å². The average Bonchev–Trinajstić information content (AvgIpc) is 3.24. The van der Waals surface area contributed by atoms with Crippen molar-refractivity contribution < 1.29 is 10.0 Å². The SMILES string of the molecule is O=C(NO)c1cnc(N2CCC3(CN(Cc4cccs4)C3)C2)nc1. The van der Waals surface area contributed by atoms with Crippen LogP contribution in [0.5, 0.6) is 0 Å². The van der Waals surface area contributed by atoms with Gasteiger partial charge in [0.05, 0.1) is 5.56 Å². The van der Waals surface area contributed by atoms with E-state index < -0.39 is 5.91 Å². The van der Waals surface area contributed by atoms with E-state index in [4.69, 9.17) is 5.21 Å². The maximum absolute atomic E-state index is 11.3. The van der Waals surface area contributed by atoms with Gasteiger partial charge in [0.25, 0.3) is 5.91 Å². The standard InChI is InChI=1S/C16H19N5O2S/c22-14(19-23)12-6-17-15(18-7-12)21-4-3-16(11-21)9-20(10-16)8-13-2-1-5-24-13/h1-2,5-7,23H,3-4,8-11H2,(H,19,22). The van der Waals surface area contributed by atoms with Crippen LogP contribution in [-0.4, -0.2) is 52.2 Å². The molecular weight excluding hydrogens is 326 g/mol. The van der Waals surface area contributed by atoms with E-state index in [-0.39, 0.29) is 5.56 Å². The predicted octanol–water partition coefficient (Wildman–Crippen LogP) is 1.37. The van der Waals surface area contributed by atoms with Gasteiger partial charge in [-0.05, 0) is 17.9 Å². The molecule has 2 aromatic rings. The molecule has 2 N–H and O–H groups in total. The number of carbonyl (C=O) groups is 1. The van der Waals surface area contributed by atoms with Gasteiger partial charge < -0.3 is 4.90 Å². The van der Waals surface area contributed by atoms with Crippen LogP contribution in [0.2, 0.25) is 0 Å². The summed E-state index contributed by atoms with van der Waals surface area (Å²) in [5, 5.41) is 10.7. The minimum Gasteiger partial charge on any atom is -0.340 e. The molecule has 7 nitrogen and oxygen atoms in total. The second-order valence-electron chi connectivity index (χ2n) is 6.61. The van der Waals surface area contributed by atoms with E-state index in [2.05, 4.69) is 37.3 Å². The summed E-state index contributed by atoms with van der Waals surface area (Å²) in [5.74, 6) is 0.0562. The molecule has 2 aliphatic rings. The molecule has 4 heterocycles. The first-order valence-electron chi connectivity index (χ1n) is 7.94. The molecule has 2 fully saturated rings. The number of hydroxylamine groups is 1. The van der Waals surface area contributed by atoms with Gasteiger partial charge in [0, 0.05) is 55.4 Å². The molecule has 126 valence electrons. The largest absolute Gasteiger partial charge is 0.340 e. The van der Waals surface area contributed by atoms with Crippen molar-refractivity contribution in [2.45, 2.75) is 13.0 Å². The fraction of sp³-hybridized carbons (Fsp3) is 0.438. The number of likely N-dealkylation sites (tertiary alicyclic amines) is 1. The van der Waals surface area contributed by atoms with E-state index >= 15 is 0 Å². The zero-order valence-corrected chi connectivity index (χ0v) is 14.0. The lowest BCUT2D eigenvalue weighted by molar-refractivity contribution is 0.0124. The number of anilines is 1. The summed E-state index contributed by atoms with van der Waals surface area (Å²) >= 11 is 1.81. The Morgan fingerprint density at radius 3 is 2.79 bits per heavy atom. The Balaban J connectivity index is 1.34. The van der Waals surface area contributed by atoms with Gasteiger partial charge >= 0.3 is 0 Å². The summed E-state index contributed by atoms with van der Waals surface area (Å²) in [6.45, 7) is 5.18. The van der Waals surface area contributed by atoms with E-state index in [1.807, 2.05) is 11.3 Å². The number of thiophene rings is 1. The molecule has 4 rings (SSSR count). The smallest absolute Gasteiger partial charge is 0.277 e. The number of rotatable bonds is 4. The lowest BCUT2D eigenvalue weighted by atomic mass is 9.79. The van der Waals surface area contributed by atoms with Crippen molar-refractivity contribution in [3.8, 4) is 0 Å². The third-order valence-electron chi connectivity index (χ3n) is 4.80. The fourth-order valence-electron chi connectivity index (χ4n) is 3.67. The monoisotopic (exact) mass is 345 g/mol. The first kappa shape index (κ1) is 15.5. The normalized spacial score (nSPS) is 19.5. The van der Waals surface area contributed by atoms with E-state index in [0.29, 0.717) is 11.4 Å². The topological polar surface area (TPSA) is 81.6 Å². The third-order valence-corrected chi connectivity index (χ3v) is 5.66. The molecule has 2 aromatic heterocycles. The summed E-state index contributed by atoms with van der Waals surface area (Å²) in [6, 6.07) is 4.29. The van der Waals surface area contributed by atoms with E-state index in [1.165, 1.54) is 17.3 Å². The maximum Gasteiger partial charge on any atom is 0.277 e. The van der Waals surface area contributed by atoms with Crippen LogP contribution in [0.4, 0.5) is 5.95 Å². The molecule has 0 radical (unpaired) electrons. The van der Waals surface area contributed by atoms with Crippen LogP contribution in [0.25, 0.3) is 0 Å². The van der Waals surface area contributed by atoms with Crippen LogP contribution < -0.4 is 10.4 Å². The summed E-state index contributed by atoms with van der Waals surface area (Å²) in [4.78, 5) is 25.9. The van der Waals surface area contributed by atoms with Gasteiger partial charge in [-0.25, -0.2) is 15.4 Å². The van der Waals surface area contributed by atoms with Crippen molar-refractivity contribution in [3.05, 3.63) is 40.3 Å². The highest BCUT2D eigenvalue weighted by Gasteiger charge is 2.47. The number of nitrogens with one attached hydrogen (secondary N) is 1. The molecule has 24 heavy (non-hydrogen) atoms. The molecule has 0 saturated carbocycles. The van der Waals surface area contributed by atoms with Crippen molar-refractivity contribution in [1.29, 1.82) is 0 Å². The summed E-state index contributed by atoms with van der Waals surface area (Å²) in [7, 11) is 0. The number of carbonyl (C=O) groups excluding carboxylic acids is 1. The molecule has 1 amide bonds. The van der Waals surface area contributed by atoms with Gasteiger partial charge in [-0.1, -0.05) is 6.07 Å². The second kappa shape index (κ2) is 6.12. The Morgan fingerprint density at radius 2 is 2.12 bits per heavy atom. The third kappa shape index (κ3) is 2.88. The quantitative estimate of drug-likeness (QED) is 0.643. The summed E-state index contributed by atoms with van der Waals surface area (Å²) < 4.78 is 0. The molecule has 1 spiro atoms. The zero-order chi connectivity index (χ0) is 16.6. The number of aromatic nitrogens is 2. The van der Waals surface area contributed by atoms with Gasteiger partial charge in [-0.2, -0.15) is 0 Å². The fourth-order valence-corrected chi connectivity index (χ4v) is 4.41. The van der Waals surface area contributed by atoms with Crippen LogP contribution in [0, 0.1) is 5.41 Å². The van der Waals surface area contributed by atoms with E-state index in [0.717, 1.165) is 39.1 Å². The Morgan fingerprint density at radius 1 is 1.33 bits per heavy atom. The lowest BCUT2D eigenvalue weighted by Crippen LogP contribution is -2.56. The van der Waals surface area contributed by atoms with Crippen LogP contribution in [0.3, 0.4) is 0 Å². The maximum atomic E-state index is 11.3. The van der Waals surface area contributed by atoms with Gasteiger partial charge in [-0.3, -0.25) is 14.9 Å². The molecule has 0 aliphatic carbocycles. The van der Waals surface area contributed by atoms with Crippen LogP contribution in [0.15, 0.2) is 29.9 Å². The number of nitrogens with zero attached hydrogens (tertiary/aromatic N) is 4. The molecule has 0 unspecified atom stereocenters. The van der Waals surface area contributed by atoms with Gasteiger partial charge in [0.1, 0.15) is 0 Å². The predicted molar refractivity (Wildman–Crippen MR) is 90.1 cm³/mol. The first-order valence-corrected chi connectivity index (χ1v) is 8.82. The molecule has 0 aromatic carbocycles. The molecule has 8 heteroatoms. The molecule has 0 bridgehead atoms. The highest BCUT2D eigenvalue weighted by Crippen LogP contribution is 2.41. The van der Waals surface area contributed by atoms with E-state index in [1.54, 1.807) is 5.48 Å². The van der Waals surface area contributed by atoms with Crippen molar-refractivity contribution in [3.63, 3.8) is 0 Å². The average molecular weight is 345 g/mol. The Labute approximate surface area is 143 Å². The minimum atomic E-state index is -0.595. The van der Waals surface area contributed by atoms with Crippen molar-refractivity contribution in [2.24, 2.45) is 5.41 Å². The lowest BCUT2D eigenvalue weighted by Gasteiger charge is -2.48. The van der Waals surface area contributed by atoms with Crippen molar-refractivity contribution in [1.82, 2.24) is 20.3 Å². The highest BCUT2D eigenvalue weighted by molar-refractivity contribution is 7.09. The number of hydrogen-bond donors (Lipinski definition) is 2. The highest BCUT2D eigenvalue weighted by atomic mass is 32.1. The summed E-state index contributed by atoms with van der Waals surface area (Å²) in [6.07, 6.45) is 4.04. The molecule has 2 saturated heterocycles. The Bertz CT molecular complexity index is 713. The van der Waals surface area contributed by atoms with Gasteiger partial charge in [0.15, 0.2) is 0 Å². The van der Waals surface area contributed by atoms with Crippen LogP contribution in [0.1, 0.15) is 21.7 Å². The molecule has 0 atom stereocenters. The van der Waals surface area contributed by atoms with Crippen LogP contribution >= 0.6 is 11.3 Å². The van der Waals surface area contributed by atoms with Crippen molar-refractivity contribution >= 4 is 23.2 Å². The Hall–Kier alpha value is -2.03.